The number of hydrogen-bond acceptors (Lipinski definition) is 3. The molecule has 0 amide bonds. The molecular formula is C12H12ClNOS. The van der Waals surface area contributed by atoms with Crippen molar-refractivity contribution in [1.29, 1.82) is 0 Å². The summed E-state index contributed by atoms with van der Waals surface area (Å²) in [6.45, 7) is 2.05. The van der Waals surface area contributed by atoms with Gasteiger partial charge in [-0.05, 0) is 19.1 Å². The molecule has 84 valence electrons. The predicted molar refractivity (Wildman–Crippen MR) is 68.4 cm³/mol. The van der Waals surface area contributed by atoms with Crippen molar-refractivity contribution in [3.8, 4) is 17.0 Å². The Labute approximate surface area is 104 Å². The first kappa shape index (κ1) is 11.4. The summed E-state index contributed by atoms with van der Waals surface area (Å²) in [4.78, 5) is 4.46. The van der Waals surface area contributed by atoms with E-state index in [-0.39, 0.29) is 0 Å². The summed E-state index contributed by atoms with van der Waals surface area (Å²) in [6, 6.07) is 6.06. The van der Waals surface area contributed by atoms with Crippen molar-refractivity contribution in [3.05, 3.63) is 34.2 Å². The Morgan fingerprint density at radius 1 is 1.44 bits per heavy atom. The van der Waals surface area contributed by atoms with Gasteiger partial charge >= 0.3 is 0 Å². The fourth-order valence-corrected chi connectivity index (χ4v) is 2.41. The Morgan fingerprint density at radius 3 is 2.88 bits per heavy atom. The molecule has 0 radical (unpaired) electrons. The maximum Gasteiger partial charge on any atom is 0.128 e. The standard InChI is InChI=1S/C12H12ClNOS/c1-8-3-4-11(15-2)9(5-8)10-7-16-12(6-13)14-10/h3-5,7H,6H2,1-2H3. The highest BCUT2D eigenvalue weighted by molar-refractivity contribution is 7.10. The first-order chi connectivity index (χ1) is 7.74. The fraction of sp³-hybridized carbons (Fsp3) is 0.250. The quantitative estimate of drug-likeness (QED) is 0.775. The lowest BCUT2D eigenvalue weighted by Crippen LogP contribution is -1.89. The summed E-state index contributed by atoms with van der Waals surface area (Å²) in [7, 11) is 1.67. The van der Waals surface area contributed by atoms with Gasteiger partial charge in [0, 0.05) is 10.9 Å². The zero-order valence-electron chi connectivity index (χ0n) is 9.16. The van der Waals surface area contributed by atoms with Gasteiger partial charge in [0.2, 0.25) is 0 Å². The third kappa shape index (κ3) is 2.20. The molecule has 2 aromatic rings. The molecule has 1 aromatic heterocycles. The molecular weight excluding hydrogens is 242 g/mol. The smallest absolute Gasteiger partial charge is 0.128 e. The molecule has 0 aliphatic heterocycles. The molecule has 0 bridgehead atoms. The molecule has 16 heavy (non-hydrogen) atoms. The highest BCUT2D eigenvalue weighted by Gasteiger charge is 2.09. The Hall–Kier alpha value is -1.06. The van der Waals surface area contributed by atoms with Crippen LogP contribution in [0.2, 0.25) is 0 Å². The molecule has 0 saturated heterocycles. The normalized spacial score (nSPS) is 10.4. The molecule has 0 saturated carbocycles. The first-order valence-corrected chi connectivity index (χ1v) is 6.31. The van der Waals surface area contributed by atoms with Crippen LogP contribution in [0, 0.1) is 6.92 Å². The third-order valence-electron chi connectivity index (χ3n) is 2.30. The fourth-order valence-electron chi connectivity index (χ4n) is 1.52. The van der Waals surface area contributed by atoms with Gasteiger partial charge in [-0.15, -0.1) is 22.9 Å². The molecule has 0 N–H and O–H groups in total. The Morgan fingerprint density at radius 2 is 2.25 bits per heavy atom. The summed E-state index contributed by atoms with van der Waals surface area (Å²) >= 11 is 7.32. The maximum absolute atomic E-state index is 5.75. The van der Waals surface area contributed by atoms with Crippen LogP contribution in [0.5, 0.6) is 5.75 Å². The Kier molecular flexibility index (Phi) is 3.46. The summed E-state index contributed by atoms with van der Waals surface area (Å²) in [5.74, 6) is 1.30. The summed E-state index contributed by atoms with van der Waals surface area (Å²) in [6.07, 6.45) is 0. The lowest BCUT2D eigenvalue weighted by molar-refractivity contribution is 0.416. The lowest BCUT2D eigenvalue weighted by Gasteiger charge is -2.06. The molecule has 1 aromatic carbocycles. The van der Waals surface area contributed by atoms with Gasteiger partial charge in [0.15, 0.2) is 0 Å². The third-order valence-corrected chi connectivity index (χ3v) is 3.56. The Balaban J connectivity index is 2.49. The van der Waals surface area contributed by atoms with Crippen LogP contribution in [0.15, 0.2) is 23.6 Å². The van der Waals surface area contributed by atoms with E-state index in [9.17, 15) is 0 Å². The summed E-state index contributed by atoms with van der Waals surface area (Å²) in [5, 5.41) is 2.94. The number of halogens is 1. The number of alkyl halides is 1. The summed E-state index contributed by atoms with van der Waals surface area (Å²) in [5.41, 5.74) is 3.15. The number of nitrogens with zero attached hydrogens (tertiary/aromatic N) is 1. The van der Waals surface area contributed by atoms with Crippen LogP contribution in [0.4, 0.5) is 0 Å². The van der Waals surface area contributed by atoms with Gasteiger partial charge in [-0.3, -0.25) is 0 Å². The largest absolute Gasteiger partial charge is 0.496 e. The van der Waals surface area contributed by atoms with Crippen LogP contribution in [-0.4, -0.2) is 12.1 Å². The van der Waals surface area contributed by atoms with Gasteiger partial charge in [0.05, 0.1) is 18.7 Å². The average molecular weight is 254 g/mol. The van der Waals surface area contributed by atoms with E-state index in [4.69, 9.17) is 16.3 Å². The van der Waals surface area contributed by atoms with Crippen LogP contribution < -0.4 is 4.74 Å². The van der Waals surface area contributed by atoms with E-state index in [0.29, 0.717) is 5.88 Å². The number of ether oxygens (including phenoxy) is 1. The van der Waals surface area contributed by atoms with Gasteiger partial charge in [0.25, 0.3) is 0 Å². The van der Waals surface area contributed by atoms with Crippen LogP contribution in [0.3, 0.4) is 0 Å². The Bertz CT molecular complexity index is 496. The molecule has 2 nitrogen and oxygen atoms in total. The average Bonchev–Trinajstić information content (AvgIpc) is 2.77. The van der Waals surface area contributed by atoms with E-state index < -0.39 is 0 Å². The minimum atomic E-state index is 0.457. The predicted octanol–water partition coefficient (Wildman–Crippen LogP) is 3.87. The molecule has 0 aliphatic carbocycles. The SMILES string of the molecule is COc1ccc(C)cc1-c1csc(CCl)n1. The number of aromatic nitrogens is 1. The van der Waals surface area contributed by atoms with E-state index in [1.54, 1.807) is 18.4 Å². The monoisotopic (exact) mass is 253 g/mol. The van der Waals surface area contributed by atoms with Crippen molar-refractivity contribution in [1.82, 2.24) is 4.98 Å². The number of rotatable bonds is 3. The number of thiazole rings is 1. The lowest BCUT2D eigenvalue weighted by atomic mass is 10.1. The zero-order valence-corrected chi connectivity index (χ0v) is 10.7. The molecule has 0 atom stereocenters. The van der Waals surface area contributed by atoms with Gasteiger partial charge in [-0.1, -0.05) is 11.6 Å². The number of benzene rings is 1. The van der Waals surface area contributed by atoms with E-state index in [1.807, 2.05) is 17.5 Å². The van der Waals surface area contributed by atoms with Gasteiger partial charge in [0.1, 0.15) is 10.8 Å². The second-order valence-corrected chi connectivity index (χ2v) is 4.67. The van der Waals surface area contributed by atoms with Crippen molar-refractivity contribution < 1.29 is 4.74 Å². The minimum Gasteiger partial charge on any atom is -0.496 e. The molecule has 0 spiro atoms. The molecule has 1 heterocycles. The first-order valence-electron chi connectivity index (χ1n) is 4.90. The molecule has 0 fully saturated rings. The molecule has 2 rings (SSSR count). The van der Waals surface area contributed by atoms with Crippen LogP contribution in [0.25, 0.3) is 11.3 Å². The van der Waals surface area contributed by atoms with E-state index >= 15 is 0 Å². The van der Waals surface area contributed by atoms with Crippen molar-refractivity contribution in [2.24, 2.45) is 0 Å². The van der Waals surface area contributed by atoms with Crippen molar-refractivity contribution in [3.63, 3.8) is 0 Å². The second-order valence-electron chi connectivity index (χ2n) is 3.46. The molecule has 0 aliphatic rings. The molecule has 0 unspecified atom stereocenters. The van der Waals surface area contributed by atoms with Crippen LogP contribution in [-0.2, 0) is 5.88 Å². The zero-order chi connectivity index (χ0) is 11.5. The minimum absolute atomic E-state index is 0.457. The van der Waals surface area contributed by atoms with Crippen molar-refractivity contribution in [2.45, 2.75) is 12.8 Å². The number of aryl methyl sites for hydroxylation is 1. The van der Waals surface area contributed by atoms with Gasteiger partial charge < -0.3 is 4.74 Å². The highest BCUT2D eigenvalue weighted by atomic mass is 35.5. The maximum atomic E-state index is 5.75. The van der Waals surface area contributed by atoms with Crippen LogP contribution in [0.1, 0.15) is 10.6 Å². The highest BCUT2D eigenvalue weighted by Crippen LogP contribution is 2.31. The second kappa shape index (κ2) is 4.85. The van der Waals surface area contributed by atoms with Crippen molar-refractivity contribution in [2.75, 3.05) is 7.11 Å². The van der Waals surface area contributed by atoms with E-state index in [1.165, 1.54) is 5.56 Å². The van der Waals surface area contributed by atoms with Crippen molar-refractivity contribution >= 4 is 22.9 Å². The topological polar surface area (TPSA) is 22.1 Å². The van der Waals surface area contributed by atoms with Gasteiger partial charge in [-0.2, -0.15) is 0 Å². The van der Waals surface area contributed by atoms with Crippen LogP contribution >= 0.6 is 22.9 Å². The van der Waals surface area contributed by atoms with E-state index in [0.717, 1.165) is 22.0 Å². The number of methoxy groups -OCH3 is 1. The number of hydrogen-bond donors (Lipinski definition) is 0. The van der Waals surface area contributed by atoms with Gasteiger partial charge in [-0.25, -0.2) is 4.98 Å². The molecule has 4 heteroatoms. The van der Waals surface area contributed by atoms with E-state index in [2.05, 4.69) is 18.0 Å². The summed E-state index contributed by atoms with van der Waals surface area (Å²) < 4.78 is 5.33.